The number of carbonyl (C=O) groups is 9. The number of nitrogens with zero attached hydrogens (tertiary/aromatic N) is 7. The molecule has 0 spiro atoms. The van der Waals surface area contributed by atoms with E-state index in [1.165, 1.54) is 42.0 Å². The minimum absolute atomic E-state index is 0.0133. The van der Waals surface area contributed by atoms with Gasteiger partial charge in [-0.1, -0.05) is 56.4 Å². The van der Waals surface area contributed by atoms with Gasteiger partial charge in [-0.05, 0) is 79.7 Å². The first kappa shape index (κ1) is 96.1. The number of aromatic amines is 1. The van der Waals surface area contributed by atoms with Crippen LogP contribution in [-0.4, -0.2) is 291 Å². The van der Waals surface area contributed by atoms with E-state index >= 15 is 0 Å². The lowest BCUT2D eigenvalue weighted by molar-refractivity contribution is -0.141. The van der Waals surface area contributed by atoms with Crippen molar-refractivity contribution in [1.29, 1.82) is 0 Å². The number of benzene rings is 2. The number of thiol groups is 1. The molecule has 1 saturated carbocycles. The molecule has 5 aromatic rings. The number of rotatable bonds is 48. The van der Waals surface area contributed by atoms with E-state index in [4.69, 9.17) is 82.0 Å². The first-order valence-corrected chi connectivity index (χ1v) is 44.4. The molecule has 9 amide bonds. The van der Waals surface area contributed by atoms with Crippen molar-refractivity contribution in [2.24, 2.45) is 11.8 Å². The Morgan fingerprint density at radius 3 is 2.02 bits per heavy atom. The third kappa shape index (κ3) is 31.2. The summed E-state index contributed by atoms with van der Waals surface area (Å²) in [6.45, 7) is 0.173. The maximum atomic E-state index is 14.1. The van der Waals surface area contributed by atoms with Gasteiger partial charge in [0.15, 0.2) is 17.4 Å². The number of hydrogen-bond donors (Lipinski definition) is 10. The summed E-state index contributed by atoms with van der Waals surface area (Å²) in [4.78, 5) is 165. The van der Waals surface area contributed by atoms with Crippen LogP contribution in [0.15, 0.2) is 90.4 Å². The van der Waals surface area contributed by atoms with E-state index in [1.807, 2.05) is 0 Å². The van der Waals surface area contributed by atoms with Crippen LogP contribution in [0, 0.1) is 11.8 Å². The minimum Gasteiger partial charge on any atom is -0.474 e. The Morgan fingerprint density at radius 1 is 0.736 bits per heavy atom. The number of amides is 9. The maximum Gasteiger partial charge on any atom is 0.410 e. The van der Waals surface area contributed by atoms with Crippen LogP contribution >= 0.6 is 25.8 Å². The molecule has 2 saturated heterocycles. The highest BCUT2D eigenvalue weighted by Crippen LogP contribution is 2.59. The van der Waals surface area contributed by atoms with Gasteiger partial charge in [-0.15, -0.1) is 0 Å². The summed E-state index contributed by atoms with van der Waals surface area (Å²) in [5.41, 5.74) is -0.0122. The van der Waals surface area contributed by atoms with Crippen LogP contribution in [-0.2, 0) is 129 Å². The third-order valence-electron chi connectivity index (χ3n) is 18.9. The molecule has 664 valence electrons. The van der Waals surface area contributed by atoms with Crippen molar-refractivity contribution >= 4 is 114 Å². The van der Waals surface area contributed by atoms with Crippen LogP contribution in [0.5, 0.6) is 5.88 Å². The summed E-state index contributed by atoms with van der Waals surface area (Å²) in [6.07, 6.45) is -0.993. The molecular formula is C75H104N14O28P2S2. The van der Waals surface area contributed by atoms with Crippen molar-refractivity contribution in [2.45, 2.75) is 127 Å². The first-order valence-electron chi connectivity index (χ1n) is 39.1. The number of aliphatic hydroxyl groups is 1. The molecule has 0 radical (unpaired) electrons. The van der Waals surface area contributed by atoms with Gasteiger partial charge in [-0.3, -0.25) is 67.4 Å². The quantitative estimate of drug-likeness (QED) is 0.0116. The van der Waals surface area contributed by atoms with E-state index in [9.17, 15) is 62.5 Å². The molecule has 2 bridgehead atoms. The first-order chi connectivity index (χ1) is 58.1. The van der Waals surface area contributed by atoms with Gasteiger partial charge in [0.25, 0.3) is 23.3 Å². The fourth-order valence-corrected chi connectivity index (χ4v) is 15.6. The standard InChI is InChI=1S/C75H104N14O28P2S2/c1-47(2)63(83-70(97)55(12-8-9-21-77-59(91)41-88-61(92)17-18-62(88)93)82-58(90)20-23-104-26-27-106-30-31-108-34-35-110-37-36-109-33-32-107-29-28-105-25-24-103-5)71(98)80-48(3)68(95)81-52-15-13-49(14-16-52)42-111-75(100)87(4)40-50-10-6-7-11-54(50)69(96)85-74-84-67-64(72(99)86-74)79-46-89(67)73-66-65(94)57(115-73)44-113-118(101,120)116-56-39-53(114-60-19-22-76-45-78-60)38-51(56)43-112-119(102,121)117-66/h6-7,10-11,13-19,22,45-48,51,53,55-57,63,65-66,73,94H,8-9,12,20-21,23-44H2,1-5H3,(H,77,91)(H,80,98)(H,81,95)(H,82,90)(H,83,97)(H,101,120)(H,102,121)(H2,84,85,86,96,99)/t48-,51+,53+,55-,56-,57+,63-,65+,66+,73+,118?,119?/m0/s1. The van der Waals surface area contributed by atoms with Gasteiger partial charge in [0, 0.05) is 81.7 Å². The van der Waals surface area contributed by atoms with Gasteiger partial charge < -0.3 is 107 Å². The van der Waals surface area contributed by atoms with Crippen molar-refractivity contribution < 1.29 is 128 Å². The average molecular weight is 1780 g/mol. The van der Waals surface area contributed by atoms with Crippen LogP contribution in [0.2, 0.25) is 0 Å². The molecule has 12 atom stereocenters. The summed E-state index contributed by atoms with van der Waals surface area (Å²) in [7, 11) is 3.05. The van der Waals surface area contributed by atoms with Crippen LogP contribution < -0.4 is 42.2 Å². The number of fused-ring (bicyclic) bond motifs is 4. The predicted molar refractivity (Wildman–Crippen MR) is 434 cm³/mol. The van der Waals surface area contributed by atoms with Crippen LogP contribution in [0.1, 0.15) is 87.0 Å². The molecule has 3 aliphatic heterocycles. The van der Waals surface area contributed by atoms with Gasteiger partial charge in [-0.2, -0.15) is 4.98 Å². The summed E-state index contributed by atoms with van der Waals surface area (Å²) in [5.74, 6) is -6.30. The smallest absolute Gasteiger partial charge is 0.410 e. The summed E-state index contributed by atoms with van der Waals surface area (Å²) < 4.78 is 99.8. The second-order valence-corrected chi connectivity index (χ2v) is 34.0. The number of hydrogen-bond acceptors (Lipinski definition) is 32. The van der Waals surface area contributed by atoms with Crippen molar-refractivity contribution in [3.8, 4) is 5.88 Å². The number of nitrogens with one attached hydrogen (secondary N) is 7. The molecule has 6 heterocycles. The largest absolute Gasteiger partial charge is 0.474 e. The maximum absolute atomic E-state index is 14.1. The zero-order valence-corrected chi connectivity index (χ0v) is 70.9. The molecule has 46 heteroatoms. The Hall–Kier alpha value is -8.73. The number of H-pyrrole nitrogens is 1. The van der Waals surface area contributed by atoms with Gasteiger partial charge in [0.1, 0.15) is 62.0 Å². The number of ether oxygens (including phenoxy) is 11. The summed E-state index contributed by atoms with van der Waals surface area (Å²) in [5, 5.41) is 27.7. The van der Waals surface area contributed by atoms with Crippen LogP contribution in [0.4, 0.5) is 16.4 Å². The highest BCUT2D eigenvalue weighted by Gasteiger charge is 2.51. The van der Waals surface area contributed by atoms with Crippen molar-refractivity contribution in [3.05, 3.63) is 113 Å². The van der Waals surface area contributed by atoms with E-state index in [1.54, 1.807) is 69.5 Å². The number of unbranched alkanes of at least 4 members (excludes halogenated alkanes) is 1. The number of carbonyl (C=O) groups excluding carboxylic acids is 9. The third-order valence-corrected chi connectivity index (χ3v) is 22.1. The van der Waals surface area contributed by atoms with Gasteiger partial charge >= 0.3 is 19.6 Å². The Kier molecular flexibility index (Phi) is 38.9. The molecule has 1 aliphatic carbocycles. The van der Waals surface area contributed by atoms with Gasteiger partial charge in [0.2, 0.25) is 41.4 Å². The highest BCUT2D eigenvalue weighted by atomic mass is 32.7. The molecule has 42 nitrogen and oxygen atoms in total. The van der Waals surface area contributed by atoms with E-state index in [2.05, 4.69) is 69.1 Å². The molecule has 2 unspecified atom stereocenters. The number of aromatic nitrogens is 6. The fourth-order valence-electron chi connectivity index (χ4n) is 12.5. The predicted octanol–water partition coefficient (Wildman–Crippen LogP) is 2.55. The zero-order chi connectivity index (χ0) is 86.9. The van der Waals surface area contributed by atoms with Crippen LogP contribution in [0.25, 0.3) is 11.2 Å². The number of anilines is 2. The minimum atomic E-state index is -4.40. The van der Waals surface area contributed by atoms with E-state index in [0.717, 1.165) is 23.4 Å². The van der Waals surface area contributed by atoms with Crippen molar-refractivity contribution in [3.63, 3.8) is 0 Å². The monoisotopic (exact) mass is 1770 g/mol. The lowest BCUT2D eigenvalue weighted by Crippen LogP contribution is -2.57. The molecule has 3 aromatic heterocycles. The molecule has 121 heavy (non-hydrogen) atoms. The topological polar surface area (TPSA) is 518 Å². The number of imide groups is 1. The van der Waals surface area contributed by atoms with E-state index in [-0.39, 0.29) is 100 Å². The molecule has 9 rings (SSSR count). The van der Waals surface area contributed by atoms with Gasteiger partial charge in [-0.25, -0.2) is 24.3 Å². The normalized spacial score (nSPS) is 21.7. The Bertz CT molecular complexity index is 4430. The second-order valence-electron chi connectivity index (χ2n) is 28.3. The number of methoxy groups -OCH3 is 1. The van der Waals surface area contributed by atoms with Gasteiger partial charge in [0.05, 0.1) is 125 Å². The zero-order valence-electron chi connectivity index (χ0n) is 67.4. The Morgan fingerprint density at radius 2 is 1.38 bits per heavy atom. The summed E-state index contributed by atoms with van der Waals surface area (Å²) in [6, 6.07) is 10.6. The highest BCUT2D eigenvalue weighted by molar-refractivity contribution is 8.44. The molecule has 3 fully saturated rings. The lowest BCUT2D eigenvalue weighted by atomic mass is 10.0. The molecular weight excluding hydrogens is 1670 g/mol. The Labute approximate surface area is 706 Å². The Balaban J connectivity index is 0.705. The van der Waals surface area contributed by atoms with E-state index in [0.29, 0.717) is 109 Å². The van der Waals surface area contributed by atoms with Crippen LogP contribution in [0.3, 0.4) is 0 Å². The number of imidazole rings is 1. The van der Waals surface area contributed by atoms with Crippen molar-refractivity contribution in [2.75, 3.05) is 150 Å². The average Bonchev–Trinajstić information content (AvgIpc) is 1.60. The number of aliphatic hydroxyl groups excluding tert-OH is 1. The second kappa shape index (κ2) is 48.9. The molecule has 4 aliphatic rings. The van der Waals surface area contributed by atoms with Crippen molar-refractivity contribution in [1.82, 2.24) is 60.6 Å². The summed E-state index contributed by atoms with van der Waals surface area (Å²) >= 11 is 9.64. The molecule has 9 N–H and O–H groups in total. The van der Waals surface area contributed by atoms with E-state index < -0.39 is 152 Å². The molecule has 2 aromatic carbocycles. The lowest BCUT2D eigenvalue weighted by Gasteiger charge is -2.27. The fraction of sp³-hybridized carbons (Fsp3) is 0.573. The SMILES string of the molecule is COCCOCCOCCOCCOCCOCCOCCOCCC(=O)N[C@@H](CCCCNC(=O)CN1C(=O)C=CC1=O)C(=O)N[C@H](C(=O)N[C@@H](C)C(=O)Nc1ccc(COC(=O)N(C)Cc2ccccc2C(=O)Nc2nc3c(ncn3[C@@H]3O[C@@H]4COP(O)(=S)O[C@H]5C[C@H](Oc6ccncn6)C[C@@H]5COP(=O)(S)O[C@@H]3[C@@H]4O)c(=O)[nH]2)cc1)C(C)C.